The standard InChI is InChI=1S/C17H27N3/c1-5-6-7-10-17(3,4)12-20-13(2)19-15-11-14(18)8-9-16(15)20/h8-9,11H,5-7,10,12,18H2,1-4H3. The van der Waals surface area contributed by atoms with Crippen molar-refractivity contribution in [3.63, 3.8) is 0 Å². The van der Waals surface area contributed by atoms with Crippen molar-refractivity contribution < 1.29 is 0 Å². The number of hydrogen-bond donors (Lipinski definition) is 1. The molecule has 1 aromatic heterocycles. The monoisotopic (exact) mass is 273 g/mol. The Hall–Kier alpha value is -1.51. The molecule has 0 aliphatic rings. The van der Waals surface area contributed by atoms with Crippen molar-refractivity contribution in [1.29, 1.82) is 0 Å². The van der Waals surface area contributed by atoms with Gasteiger partial charge in [-0.2, -0.15) is 0 Å². The van der Waals surface area contributed by atoms with E-state index in [2.05, 4.69) is 43.3 Å². The first-order valence-corrected chi connectivity index (χ1v) is 7.65. The first kappa shape index (κ1) is 14.9. The largest absolute Gasteiger partial charge is 0.399 e. The van der Waals surface area contributed by atoms with Gasteiger partial charge in [0.2, 0.25) is 0 Å². The van der Waals surface area contributed by atoms with E-state index in [1.807, 2.05) is 12.1 Å². The molecule has 3 nitrogen and oxygen atoms in total. The molecule has 20 heavy (non-hydrogen) atoms. The molecule has 2 aromatic rings. The number of unbranched alkanes of at least 4 members (excludes halogenated alkanes) is 2. The molecule has 0 bridgehead atoms. The summed E-state index contributed by atoms with van der Waals surface area (Å²) < 4.78 is 2.33. The minimum atomic E-state index is 0.301. The number of fused-ring (bicyclic) bond motifs is 1. The van der Waals surface area contributed by atoms with Crippen LogP contribution in [0.3, 0.4) is 0 Å². The number of rotatable bonds is 6. The molecule has 110 valence electrons. The van der Waals surface area contributed by atoms with Crippen molar-refractivity contribution in [2.24, 2.45) is 5.41 Å². The predicted octanol–water partition coefficient (Wildman–Crippen LogP) is 4.53. The zero-order valence-corrected chi connectivity index (χ0v) is 13.2. The molecule has 1 aromatic carbocycles. The second-order valence-corrected chi connectivity index (χ2v) is 6.61. The van der Waals surface area contributed by atoms with Crippen molar-refractivity contribution >= 4 is 16.7 Å². The number of hydrogen-bond acceptors (Lipinski definition) is 2. The van der Waals surface area contributed by atoms with Crippen LogP contribution in [0.5, 0.6) is 0 Å². The Morgan fingerprint density at radius 2 is 2.00 bits per heavy atom. The molecule has 2 N–H and O–H groups in total. The van der Waals surface area contributed by atoms with Gasteiger partial charge in [-0.3, -0.25) is 0 Å². The molecular formula is C17H27N3. The van der Waals surface area contributed by atoms with Crippen LogP contribution in [0.2, 0.25) is 0 Å². The third kappa shape index (κ3) is 3.33. The van der Waals surface area contributed by atoms with E-state index in [-0.39, 0.29) is 0 Å². The van der Waals surface area contributed by atoms with Crippen molar-refractivity contribution in [3.05, 3.63) is 24.0 Å². The average Bonchev–Trinajstić information content (AvgIpc) is 2.65. The Labute approximate surface area is 122 Å². The molecule has 3 heteroatoms. The lowest BCUT2D eigenvalue weighted by Gasteiger charge is -2.26. The fraction of sp³-hybridized carbons (Fsp3) is 0.588. The number of nitrogen functional groups attached to an aromatic ring is 1. The molecule has 0 aliphatic carbocycles. The fourth-order valence-corrected chi connectivity index (χ4v) is 2.83. The summed E-state index contributed by atoms with van der Waals surface area (Å²) in [5.74, 6) is 1.08. The van der Waals surface area contributed by atoms with E-state index >= 15 is 0 Å². The zero-order chi connectivity index (χ0) is 14.8. The number of anilines is 1. The molecule has 0 fully saturated rings. The van der Waals surface area contributed by atoms with Gasteiger partial charge in [0.1, 0.15) is 5.82 Å². The molecule has 0 saturated carbocycles. The van der Waals surface area contributed by atoms with E-state index in [9.17, 15) is 0 Å². The molecule has 0 unspecified atom stereocenters. The van der Waals surface area contributed by atoms with Crippen molar-refractivity contribution in [1.82, 2.24) is 9.55 Å². The van der Waals surface area contributed by atoms with E-state index in [1.54, 1.807) is 0 Å². The van der Waals surface area contributed by atoms with Crippen LogP contribution in [0, 0.1) is 12.3 Å². The van der Waals surface area contributed by atoms with E-state index in [1.165, 1.54) is 31.2 Å². The summed E-state index contributed by atoms with van der Waals surface area (Å²) in [6.07, 6.45) is 5.17. The molecule has 0 saturated heterocycles. The molecule has 0 spiro atoms. The lowest BCUT2D eigenvalue weighted by molar-refractivity contribution is 0.272. The first-order chi connectivity index (χ1) is 9.43. The highest BCUT2D eigenvalue weighted by Gasteiger charge is 2.20. The number of nitrogens with two attached hydrogens (primary N) is 1. The number of aryl methyl sites for hydroxylation is 1. The Bertz CT molecular complexity index is 581. The topological polar surface area (TPSA) is 43.8 Å². The van der Waals surface area contributed by atoms with Crippen molar-refractivity contribution in [3.8, 4) is 0 Å². The van der Waals surface area contributed by atoms with Crippen LogP contribution >= 0.6 is 0 Å². The average molecular weight is 273 g/mol. The van der Waals surface area contributed by atoms with E-state index < -0.39 is 0 Å². The Morgan fingerprint density at radius 1 is 1.25 bits per heavy atom. The molecular weight excluding hydrogens is 246 g/mol. The Morgan fingerprint density at radius 3 is 2.70 bits per heavy atom. The van der Waals surface area contributed by atoms with Gasteiger partial charge in [0.05, 0.1) is 11.0 Å². The Kier molecular flexibility index (Phi) is 4.36. The maximum atomic E-state index is 5.84. The zero-order valence-electron chi connectivity index (χ0n) is 13.2. The highest BCUT2D eigenvalue weighted by atomic mass is 15.1. The van der Waals surface area contributed by atoms with Gasteiger partial charge in [-0.05, 0) is 37.0 Å². The molecule has 0 radical (unpaired) electrons. The van der Waals surface area contributed by atoms with Crippen LogP contribution in [0.15, 0.2) is 18.2 Å². The minimum Gasteiger partial charge on any atom is -0.399 e. The summed E-state index contributed by atoms with van der Waals surface area (Å²) in [6, 6.07) is 6.01. The van der Waals surface area contributed by atoms with Crippen LogP contribution in [-0.2, 0) is 6.54 Å². The van der Waals surface area contributed by atoms with Crippen LogP contribution in [-0.4, -0.2) is 9.55 Å². The quantitative estimate of drug-likeness (QED) is 0.620. The van der Waals surface area contributed by atoms with Crippen LogP contribution in [0.4, 0.5) is 5.69 Å². The van der Waals surface area contributed by atoms with Crippen LogP contribution in [0.25, 0.3) is 11.0 Å². The number of benzene rings is 1. The summed E-state index contributed by atoms with van der Waals surface area (Å²) in [7, 11) is 0. The summed E-state index contributed by atoms with van der Waals surface area (Å²) in [5, 5.41) is 0. The SMILES string of the molecule is CCCCCC(C)(C)Cn1c(C)nc2cc(N)ccc21. The van der Waals surface area contributed by atoms with E-state index in [0.717, 1.165) is 23.6 Å². The summed E-state index contributed by atoms with van der Waals surface area (Å²) >= 11 is 0. The summed E-state index contributed by atoms with van der Waals surface area (Å²) in [6.45, 7) is 10.1. The number of aromatic nitrogens is 2. The summed E-state index contributed by atoms with van der Waals surface area (Å²) in [4.78, 5) is 4.64. The third-order valence-electron chi connectivity index (χ3n) is 4.01. The van der Waals surface area contributed by atoms with Gasteiger partial charge in [0.25, 0.3) is 0 Å². The summed E-state index contributed by atoms with van der Waals surface area (Å²) in [5.41, 5.74) is 9.13. The van der Waals surface area contributed by atoms with Crippen molar-refractivity contribution in [2.45, 2.75) is 59.9 Å². The van der Waals surface area contributed by atoms with Gasteiger partial charge in [-0.1, -0.05) is 40.0 Å². The van der Waals surface area contributed by atoms with E-state index in [0.29, 0.717) is 5.41 Å². The first-order valence-electron chi connectivity index (χ1n) is 7.65. The minimum absolute atomic E-state index is 0.301. The second-order valence-electron chi connectivity index (χ2n) is 6.61. The molecule has 1 heterocycles. The molecule has 0 atom stereocenters. The van der Waals surface area contributed by atoms with Gasteiger partial charge in [-0.25, -0.2) is 4.98 Å². The van der Waals surface area contributed by atoms with Crippen LogP contribution < -0.4 is 5.73 Å². The van der Waals surface area contributed by atoms with Gasteiger partial charge < -0.3 is 10.3 Å². The highest BCUT2D eigenvalue weighted by Crippen LogP contribution is 2.29. The molecule has 2 rings (SSSR count). The lowest BCUT2D eigenvalue weighted by Crippen LogP contribution is -2.20. The number of nitrogens with zero attached hydrogens (tertiary/aromatic N) is 2. The Balaban J connectivity index is 2.22. The predicted molar refractivity (Wildman–Crippen MR) is 86.8 cm³/mol. The maximum Gasteiger partial charge on any atom is 0.106 e. The van der Waals surface area contributed by atoms with Gasteiger partial charge in [-0.15, -0.1) is 0 Å². The highest BCUT2D eigenvalue weighted by molar-refractivity contribution is 5.79. The lowest BCUT2D eigenvalue weighted by atomic mass is 9.86. The normalized spacial score (nSPS) is 12.2. The number of imidazole rings is 1. The second kappa shape index (κ2) is 5.86. The van der Waals surface area contributed by atoms with E-state index in [4.69, 9.17) is 5.73 Å². The fourth-order valence-electron chi connectivity index (χ4n) is 2.83. The maximum absolute atomic E-state index is 5.84. The van der Waals surface area contributed by atoms with Gasteiger partial charge in [0, 0.05) is 12.2 Å². The van der Waals surface area contributed by atoms with Gasteiger partial charge >= 0.3 is 0 Å². The smallest absolute Gasteiger partial charge is 0.106 e. The van der Waals surface area contributed by atoms with Crippen LogP contribution in [0.1, 0.15) is 52.3 Å². The third-order valence-corrected chi connectivity index (χ3v) is 4.01. The molecule has 0 aliphatic heterocycles. The molecule has 0 amide bonds. The van der Waals surface area contributed by atoms with Crippen molar-refractivity contribution in [2.75, 3.05) is 5.73 Å². The van der Waals surface area contributed by atoms with Gasteiger partial charge in [0.15, 0.2) is 0 Å².